The van der Waals surface area contributed by atoms with Gasteiger partial charge in [-0.05, 0) is 38.6 Å². The van der Waals surface area contributed by atoms with Gasteiger partial charge in [0.05, 0.1) is 5.92 Å². The highest BCUT2D eigenvalue weighted by molar-refractivity contribution is 7.12. The molecule has 0 bridgehead atoms. The number of thiophene rings is 1. The quantitative estimate of drug-likeness (QED) is 0.639. The molecule has 0 fully saturated rings. The first-order chi connectivity index (χ1) is 8.33. The normalized spacial score (nSPS) is 13.3. The fourth-order valence-corrected chi connectivity index (χ4v) is 2.66. The van der Waals surface area contributed by atoms with Crippen LogP contribution in [0.5, 0.6) is 5.06 Å². The maximum absolute atomic E-state index is 10.7. The molecule has 0 radical (unpaired) electrons. The van der Waals surface area contributed by atoms with Crippen LogP contribution >= 0.6 is 11.3 Å². The average Bonchev–Trinajstić information content (AvgIpc) is 2.61. The average molecular weight is 273 g/mol. The second-order valence-corrected chi connectivity index (χ2v) is 5.98. The predicted octanol–water partition coefficient (Wildman–Crippen LogP) is 2.67. The number of nitrogens with zero attached hydrogens (tertiary/aromatic N) is 1. The molecule has 0 aliphatic rings. The number of hydrogen-bond donors (Lipinski definition) is 1. The van der Waals surface area contributed by atoms with E-state index < -0.39 is 0 Å². The largest absolute Gasteiger partial charge is 0.478 e. The van der Waals surface area contributed by atoms with Gasteiger partial charge in [-0.25, -0.2) is 0 Å². The van der Waals surface area contributed by atoms with Gasteiger partial charge in [0.15, 0.2) is 5.06 Å². The molecule has 1 N–H and O–H groups in total. The summed E-state index contributed by atoms with van der Waals surface area (Å²) in [6.45, 7) is 5.56. The van der Waals surface area contributed by atoms with E-state index in [1.54, 1.807) is 0 Å². The van der Waals surface area contributed by atoms with E-state index in [1.807, 2.05) is 32.2 Å². The summed E-state index contributed by atoms with van der Waals surface area (Å²) in [6.07, 6.45) is 0.373. The minimum atomic E-state index is -0.348. The van der Waals surface area contributed by atoms with Gasteiger partial charge in [-0.15, -0.1) is 11.3 Å². The second-order valence-electron chi connectivity index (χ2n) is 5.10. The summed E-state index contributed by atoms with van der Waals surface area (Å²) in [4.78, 5) is 10.3. The van der Waals surface area contributed by atoms with Gasteiger partial charge in [-0.1, -0.05) is 0 Å². The van der Waals surface area contributed by atoms with E-state index >= 15 is 0 Å². The van der Waals surface area contributed by atoms with Crippen molar-refractivity contribution in [1.29, 1.82) is 0 Å². The first-order valence-corrected chi connectivity index (χ1v) is 6.70. The Morgan fingerprint density at radius 1 is 1.56 bits per heavy atom. The molecule has 0 amide bonds. The third-order valence-electron chi connectivity index (χ3n) is 2.34. The van der Waals surface area contributed by atoms with E-state index in [1.165, 1.54) is 11.3 Å². The van der Waals surface area contributed by atoms with Crippen molar-refractivity contribution in [2.75, 3.05) is 13.2 Å². The van der Waals surface area contributed by atoms with Gasteiger partial charge in [-0.2, -0.15) is 0 Å². The third kappa shape index (κ3) is 4.62. The van der Waals surface area contributed by atoms with Crippen molar-refractivity contribution in [1.82, 2.24) is 0 Å². The van der Waals surface area contributed by atoms with Crippen LogP contribution in [0.4, 0.5) is 0 Å². The highest BCUT2D eigenvalue weighted by Crippen LogP contribution is 2.36. The highest BCUT2D eigenvalue weighted by atomic mass is 32.1. The zero-order valence-corrected chi connectivity index (χ0v) is 11.7. The van der Waals surface area contributed by atoms with E-state index in [0.29, 0.717) is 11.5 Å². The lowest BCUT2D eigenvalue weighted by Gasteiger charge is -2.22. The number of ether oxygens (including phenoxy) is 1. The summed E-state index contributed by atoms with van der Waals surface area (Å²) in [5.41, 5.74) is 0.485. The minimum absolute atomic E-state index is 0.0662. The molecule has 0 spiro atoms. The monoisotopic (exact) mass is 273 g/mol. The molecule has 0 saturated heterocycles. The van der Waals surface area contributed by atoms with Crippen LogP contribution in [0.25, 0.3) is 0 Å². The van der Waals surface area contributed by atoms with Crippen molar-refractivity contribution in [2.24, 2.45) is 0 Å². The fourth-order valence-electron chi connectivity index (χ4n) is 1.65. The van der Waals surface area contributed by atoms with E-state index in [-0.39, 0.29) is 29.6 Å². The number of hydrogen-bond acceptors (Lipinski definition) is 5. The van der Waals surface area contributed by atoms with Crippen molar-refractivity contribution in [3.8, 4) is 5.06 Å². The van der Waals surface area contributed by atoms with Crippen LogP contribution in [-0.4, -0.2) is 28.8 Å². The van der Waals surface area contributed by atoms with Gasteiger partial charge in [0, 0.05) is 17.1 Å². The van der Waals surface area contributed by atoms with E-state index in [0.717, 1.165) is 5.56 Å². The Morgan fingerprint density at radius 3 is 2.72 bits per heavy atom. The van der Waals surface area contributed by atoms with Crippen LogP contribution in [0, 0.1) is 10.1 Å². The number of aliphatic hydroxyl groups is 1. The highest BCUT2D eigenvalue weighted by Gasteiger charge is 2.24. The Hall–Kier alpha value is -1.14. The van der Waals surface area contributed by atoms with Gasteiger partial charge in [0.1, 0.15) is 5.60 Å². The Balaban J connectivity index is 2.91. The maximum atomic E-state index is 10.7. The summed E-state index contributed by atoms with van der Waals surface area (Å²) in [7, 11) is 0. The van der Waals surface area contributed by atoms with E-state index in [2.05, 4.69) is 0 Å². The van der Waals surface area contributed by atoms with Crippen LogP contribution in [0.1, 0.15) is 38.7 Å². The molecule has 0 aliphatic carbocycles. The lowest BCUT2D eigenvalue weighted by molar-refractivity contribution is -0.483. The SMILES string of the molecule is CC(C)(C)Oc1sccc1C(CCO)C[N+](=O)[O-]. The third-order valence-corrected chi connectivity index (χ3v) is 3.15. The summed E-state index contributed by atoms with van der Waals surface area (Å²) in [5.74, 6) is -0.298. The fraction of sp³-hybridized carbons (Fsp3) is 0.667. The Morgan fingerprint density at radius 2 is 2.22 bits per heavy atom. The van der Waals surface area contributed by atoms with Gasteiger partial charge in [-0.3, -0.25) is 10.1 Å². The Kier molecular flexibility index (Phi) is 5.10. The first kappa shape index (κ1) is 14.9. The van der Waals surface area contributed by atoms with Crippen LogP contribution in [0.2, 0.25) is 0 Å². The molecule has 102 valence electrons. The van der Waals surface area contributed by atoms with Gasteiger partial charge in [0.25, 0.3) is 0 Å². The molecule has 1 aromatic heterocycles. The summed E-state index contributed by atoms with van der Waals surface area (Å²) in [5, 5.41) is 22.2. The Bertz CT molecular complexity index is 397. The van der Waals surface area contributed by atoms with Crippen LogP contribution in [0.3, 0.4) is 0 Å². The van der Waals surface area contributed by atoms with Crippen molar-refractivity contribution in [3.63, 3.8) is 0 Å². The van der Waals surface area contributed by atoms with Crippen LogP contribution in [-0.2, 0) is 0 Å². The summed E-state index contributed by atoms with van der Waals surface area (Å²) in [6, 6.07) is 1.84. The molecule has 1 rings (SSSR count). The van der Waals surface area contributed by atoms with Gasteiger partial charge >= 0.3 is 0 Å². The number of rotatable bonds is 6. The van der Waals surface area contributed by atoms with Crippen LogP contribution < -0.4 is 4.74 Å². The lowest BCUT2D eigenvalue weighted by atomic mass is 9.98. The van der Waals surface area contributed by atoms with E-state index in [9.17, 15) is 10.1 Å². The van der Waals surface area contributed by atoms with Gasteiger partial charge < -0.3 is 9.84 Å². The molecule has 0 saturated carbocycles. The summed E-state index contributed by atoms with van der Waals surface area (Å²) >= 11 is 1.43. The van der Waals surface area contributed by atoms with Crippen molar-refractivity contribution < 1.29 is 14.8 Å². The minimum Gasteiger partial charge on any atom is -0.478 e. The van der Waals surface area contributed by atoms with Crippen molar-refractivity contribution >= 4 is 11.3 Å². The molecular weight excluding hydrogens is 254 g/mol. The zero-order valence-electron chi connectivity index (χ0n) is 10.9. The molecule has 0 aromatic carbocycles. The first-order valence-electron chi connectivity index (χ1n) is 5.82. The lowest BCUT2D eigenvalue weighted by Crippen LogP contribution is -2.24. The standard InChI is InChI=1S/C12H19NO4S/c1-12(2,3)17-11-10(5-7-18-11)9(4-6-14)8-13(15)16/h5,7,9,14H,4,6,8H2,1-3H3. The molecule has 6 heteroatoms. The molecule has 5 nitrogen and oxygen atoms in total. The van der Waals surface area contributed by atoms with Gasteiger partial charge in [0.2, 0.25) is 6.54 Å². The predicted molar refractivity (Wildman–Crippen MR) is 71.0 cm³/mol. The Labute approximate surface area is 111 Å². The zero-order chi connectivity index (χ0) is 13.8. The molecule has 1 heterocycles. The van der Waals surface area contributed by atoms with Crippen molar-refractivity contribution in [2.45, 2.75) is 38.7 Å². The summed E-state index contributed by atoms with van der Waals surface area (Å²) < 4.78 is 5.80. The molecule has 1 aromatic rings. The molecule has 0 aliphatic heterocycles. The number of aliphatic hydroxyl groups excluding tert-OH is 1. The van der Waals surface area contributed by atoms with Crippen molar-refractivity contribution in [3.05, 3.63) is 27.1 Å². The molecule has 1 atom stereocenters. The smallest absolute Gasteiger partial charge is 0.210 e. The van der Waals surface area contributed by atoms with Crippen LogP contribution in [0.15, 0.2) is 11.4 Å². The topological polar surface area (TPSA) is 72.6 Å². The van der Waals surface area contributed by atoms with E-state index in [4.69, 9.17) is 9.84 Å². The maximum Gasteiger partial charge on any atom is 0.210 e. The molecular formula is C12H19NO4S. The number of nitro groups is 1. The molecule has 1 unspecified atom stereocenters. The molecule has 18 heavy (non-hydrogen) atoms. The second kappa shape index (κ2) is 6.15.